The monoisotopic (exact) mass is 481 g/mol. The van der Waals surface area contributed by atoms with Crippen molar-refractivity contribution in [1.82, 2.24) is 19.4 Å². The van der Waals surface area contributed by atoms with Crippen molar-refractivity contribution in [2.75, 3.05) is 32.7 Å². The number of fused-ring (bicyclic) bond motifs is 2. The molecule has 2 saturated heterocycles. The topological polar surface area (TPSA) is 62.8 Å². The third kappa shape index (κ3) is 4.20. The van der Waals surface area contributed by atoms with Crippen LogP contribution in [0.5, 0.6) is 0 Å². The number of aromatic nitrogens is 2. The van der Waals surface area contributed by atoms with E-state index in [4.69, 9.17) is 11.6 Å². The molecule has 2 aromatic heterocycles. The summed E-state index contributed by atoms with van der Waals surface area (Å²) in [5, 5.41) is 0. The van der Waals surface area contributed by atoms with Gasteiger partial charge >= 0.3 is 0 Å². The first-order valence-corrected chi connectivity index (χ1v) is 13.0. The van der Waals surface area contributed by atoms with Crippen molar-refractivity contribution in [3.05, 3.63) is 64.8 Å². The van der Waals surface area contributed by atoms with Crippen LogP contribution in [0.25, 0.3) is 21.6 Å². The molecule has 1 amide bonds. The van der Waals surface area contributed by atoms with Crippen molar-refractivity contribution in [3.63, 3.8) is 0 Å². The summed E-state index contributed by atoms with van der Waals surface area (Å²) in [5.41, 5.74) is 5.33. The number of ketones is 1. The lowest BCUT2D eigenvalue weighted by Gasteiger charge is -2.25. The first kappa shape index (κ1) is 22.9. The van der Waals surface area contributed by atoms with Crippen LogP contribution in [0, 0.1) is 25.3 Å². The van der Waals surface area contributed by atoms with E-state index < -0.39 is 0 Å². The van der Waals surface area contributed by atoms with E-state index in [1.54, 1.807) is 18.3 Å². The van der Waals surface area contributed by atoms with E-state index in [0.29, 0.717) is 41.6 Å². The molecule has 1 aliphatic carbocycles. The van der Waals surface area contributed by atoms with Crippen molar-refractivity contribution in [2.24, 2.45) is 11.8 Å². The van der Waals surface area contributed by atoms with Gasteiger partial charge in [-0.3, -0.25) is 19.5 Å². The molecule has 7 heteroatoms. The molecule has 0 N–H and O–H groups in total. The van der Waals surface area contributed by atoms with E-state index >= 15 is 0 Å². The maximum atomic E-state index is 13.6. The highest BCUT2D eigenvalue weighted by atomic mass is 16.2. The van der Waals surface area contributed by atoms with E-state index in [-0.39, 0.29) is 11.7 Å². The van der Waals surface area contributed by atoms with Gasteiger partial charge in [0, 0.05) is 30.7 Å². The van der Waals surface area contributed by atoms with Gasteiger partial charge in [-0.1, -0.05) is 18.6 Å². The van der Waals surface area contributed by atoms with Crippen LogP contribution < -0.4 is 0 Å². The van der Waals surface area contributed by atoms with E-state index in [2.05, 4.69) is 14.3 Å². The Morgan fingerprint density at radius 3 is 2.50 bits per heavy atom. The average molecular weight is 482 g/mol. The molecule has 7 nitrogen and oxygen atoms in total. The smallest absolute Gasteiger partial charge is 0.227 e. The van der Waals surface area contributed by atoms with Gasteiger partial charge in [-0.2, -0.15) is 0 Å². The summed E-state index contributed by atoms with van der Waals surface area (Å²) >= 11 is 0. The number of Topliss-reactive ketones (excluding diaryl/α,β-unsaturated/α-hetero) is 1. The van der Waals surface area contributed by atoms with Crippen molar-refractivity contribution in [1.29, 1.82) is 0 Å². The van der Waals surface area contributed by atoms with Crippen LogP contribution in [0.1, 0.15) is 47.3 Å². The molecule has 0 radical (unpaired) electrons. The fourth-order valence-corrected chi connectivity index (χ4v) is 6.05. The molecule has 1 aromatic carbocycles. The van der Waals surface area contributed by atoms with Crippen LogP contribution in [0.4, 0.5) is 5.69 Å². The molecule has 36 heavy (non-hydrogen) atoms. The van der Waals surface area contributed by atoms with Gasteiger partial charge in [0.1, 0.15) is 0 Å². The lowest BCUT2D eigenvalue weighted by molar-refractivity contribution is -0.129. The summed E-state index contributed by atoms with van der Waals surface area (Å²) in [4.78, 5) is 39.0. The van der Waals surface area contributed by atoms with Crippen LogP contribution in [0.2, 0.25) is 0 Å². The number of carbonyl (C=O) groups is 2. The Hall–Kier alpha value is -3.50. The van der Waals surface area contributed by atoms with Crippen molar-refractivity contribution < 1.29 is 9.59 Å². The minimum atomic E-state index is 0.0866. The fourth-order valence-electron chi connectivity index (χ4n) is 6.05. The number of amides is 1. The van der Waals surface area contributed by atoms with E-state index in [1.807, 2.05) is 30.0 Å². The molecular weight excluding hydrogens is 450 g/mol. The van der Waals surface area contributed by atoms with Gasteiger partial charge in [-0.05, 0) is 74.9 Å². The number of pyridine rings is 1. The maximum absolute atomic E-state index is 13.6. The lowest BCUT2D eigenvalue weighted by atomic mass is 10.1. The predicted molar refractivity (Wildman–Crippen MR) is 139 cm³/mol. The van der Waals surface area contributed by atoms with Gasteiger partial charge in [0.25, 0.3) is 0 Å². The second-order valence-corrected chi connectivity index (χ2v) is 10.6. The summed E-state index contributed by atoms with van der Waals surface area (Å²) < 4.78 is 2.05. The Bertz CT molecular complexity index is 1370. The largest absolute Gasteiger partial charge is 0.342 e. The van der Waals surface area contributed by atoms with Crippen LogP contribution in [0.3, 0.4) is 0 Å². The fraction of sp³-hybridized carbons (Fsp3) is 0.448. The third-order valence-electron chi connectivity index (χ3n) is 8.12. The Labute approximate surface area is 211 Å². The Morgan fingerprint density at radius 1 is 1.08 bits per heavy atom. The highest BCUT2D eigenvalue weighted by Crippen LogP contribution is 2.45. The highest BCUT2D eigenvalue weighted by molar-refractivity contribution is 6.09. The van der Waals surface area contributed by atoms with Gasteiger partial charge in [0.05, 0.1) is 36.1 Å². The van der Waals surface area contributed by atoms with Gasteiger partial charge in [-0.25, -0.2) is 4.85 Å². The van der Waals surface area contributed by atoms with Gasteiger partial charge < -0.3 is 9.47 Å². The number of carbonyl (C=O) groups excluding carboxylic acids is 2. The third-order valence-corrected chi connectivity index (χ3v) is 8.12. The zero-order valence-electron chi connectivity index (χ0n) is 20.7. The molecule has 1 saturated carbocycles. The maximum Gasteiger partial charge on any atom is 0.227 e. The van der Waals surface area contributed by atoms with Crippen molar-refractivity contribution in [2.45, 2.75) is 39.0 Å². The second kappa shape index (κ2) is 9.18. The number of hydrogen-bond donors (Lipinski definition) is 0. The zero-order valence-corrected chi connectivity index (χ0v) is 20.7. The number of hydrogen-bond acceptors (Lipinski definition) is 4. The lowest BCUT2D eigenvalue weighted by Crippen LogP contribution is -2.34. The van der Waals surface area contributed by atoms with Gasteiger partial charge in [0.2, 0.25) is 5.91 Å². The molecule has 3 aliphatic rings. The molecular formula is C29H31N5O2. The van der Waals surface area contributed by atoms with E-state index in [0.717, 1.165) is 61.5 Å². The molecule has 0 spiro atoms. The number of rotatable bonds is 6. The zero-order chi connectivity index (χ0) is 24.8. The minimum Gasteiger partial charge on any atom is -0.342 e. The van der Waals surface area contributed by atoms with Gasteiger partial charge in [-0.15, -0.1) is 0 Å². The van der Waals surface area contributed by atoms with Crippen molar-refractivity contribution >= 4 is 28.4 Å². The van der Waals surface area contributed by atoms with Crippen molar-refractivity contribution in [3.8, 4) is 5.69 Å². The molecule has 4 heterocycles. The molecule has 2 atom stereocenters. The highest BCUT2D eigenvalue weighted by Gasteiger charge is 2.46. The molecule has 184 valence electrons. The van der Waals surface area contributed by atoms with Crippen LogP contribution in [0.15, 0.2) is 36.5 Å². The predicted octanol–water partition coefficient (Wildman–Crippen LogP) is 4.57. The molecule has 2 aliphatic heterocycles. The first-order chi connectivity index (χ1) is 17.5. The summed E-state index contributed by atoms with van der Waals surface area (Å²) in [6.07, 6.45) is 6.85. The number of likely N-dealkylation sites (tertiary alicyclic amines) is 2. The SMILES string of the molecule is [C-]#[N+]c1ccc(-n2c(C)c(C(=O)CN3CCCCC3)c3ncc(CC(=O)N4CC5CC5C4)cc32)cc1. The van der Waals surface area contributed by atoms with Crippen LogP contribution in [-0.4, -0.2) is 63.8 Å². The Kier molecular flexibility index (Phi) is 5.85. The number of benzene rings is 1. The number of piperidine rings is 2. The standard InChI is InChI=1S/C29H31N5O2/c1-19-28(26(35)18-32-10-4-3-5-11-32)29-25(34(19)24-8-6-23(30-2)7-9-24)12-20(15-31-29)13-27(36)33-16-21-14-22(21)17-33/h6-9,12,15,21-22H,3-5,10-11,13-14,16-18H2,1H3. The van der Waals surface area contributed by atoms with Crippen LogP contribution in [-0.2, 0) is 11.2 Å². The minimum absolute atomic E-state index is 0.0866. The Balaban J connectivity index is 1.37. The number of nitrogens with zero attached hydrogens (tertiary/aromatic N) is 5. The van der Waals surface area contributed by atoms with E-state index in [1.165, 1.54) is 12.8 Å². The second-order valence-electron chi connectivity index (χ2n) is 10.6. The normalized spacial score (nSPS) is 21.4. The molecule has 6 rings (SSSR count). The summed E-state index contributed by atoms with van der Waals surface area (Å²) in [6, 6.07) is 9.43. The average Bonchev–Trinajstić information content (AvgIpc) is 3.38. The Morgan fingerprint density at radius 2 is 1.81 bits per heavy atom. The van der Waals surface area contributed by atoms with E-state index in [9.17, 15) is 9.59 Å². The quantitative estimate of drug-likeness (QED) is 0.382. The summed E-state index contributed by atoms with van der Waals surface area (Å²) in [6.45, 7) is 13.3. The first-order valence-electron chi connectivity index (χ1n) is 13.0. The molecule has 3 aromatic rings. The van der Waals surface area contributed by atoms with Gasteiger partial charge in [0.15, 0.2) is 11.5 Å². The molecule has 0 bridgehead atoms. The molecule has 2 unspecified atom stereocenters. The van der Waals surface area contributed by atoms with Crippen LogP contribution >= 0.6 is 0 Å². The molecule has 3 fully saturated rings. The summed E-state index contributed by atoms with van der Waals surface area (Å²) in [5.74, 6) is 1.66. The summed E-state index contributed by atoms with van der Waals surface area (Å²) in [7, 11) is 0.